The monoisotopic (exact) mass is 256 g/mol. The molecule has 1 aliphatic rings. The molecule has 0 bridgehead atoms. The SMILES string of the molecule is O=C(O)CC1(C(=O)O)Cc2cc(F)c(F)cc2C1. The van der Waals surface area contributed by atoms with Crippen molar-refractivity contribution in [2.45, 2.75) is 19.3 Å². The molecule has 0 aliphatic heterocycles. The predicted octanol–water partition coefficient (Wildman–Crippen LogP) is 1.61. The van der Waals surface area contributed by atoms with Gasteiger partial charge in [0.2, 0.25) is 0 Å². The van der Waals surface area contributed by atoms with Gasteiger partial charge in [0.25, 0.3) is 0 Å². The van der Waals surface area contributed by atoms with E-state index >= 15 is 0 Å². The Morgan fingerprint density at radius 2 is 1.56 bits per heavy atom. The molecule has 0 saturated carbocycles. The molecule has 0 atom stereocenters. The van der Waals surface area contributed by atoms with Gasteiger partial charge in [0.1, 0.15) is 0 Å². The Morgan fingerprint density at radius 3 is 1.89 bits per heavy atom. The summed E-state index contributed by atoms with van der Waals surface area (Å²) < 4.78 is 26.1. The van der Waals surface area contributed by atoms with Crippen LogP contribution in [0, 0.1) is 17.0 Å². The molecule has 1 aliphatic carbocycles. The van der Waals surface area contributed by atoms with Gasteiger partial charge in [-0.05, 0) is 36.1 Å². The minimum absolute atomic E-state index is 0.0961. The summed E-state index contributed by atoms with van der Waals surface area (Å²) in [7, 11) is 0. The van der Waals surface area contributed by atoms with Crippen LogP contribution in [0.4, 0.5) is 8.78 Å². The lowest BCUT2D eigenvalue weighted by molar-refractivity contribution is -0.155. The molecule has 4 nitrogen and oxygen atoms in total. The molecular formula is C12H10F2O4. The third kappa shape index (κ3) is 1.94. The number of carboxylic acids is 2. The number of carboxylic acid groups (broad SMARTS) is 2. The topological polar surface area (TPSA) is 74.6 Å². The highest BCUT2D eigenvalue weighted by atomic mass is 19.2. The van der Waals surface area contributed by atoms with Gasteiger partial charge in [-0.3, -0.25) is 9.59 Å². The second-order valence-electron chi connectivity index (χ2n) is 4.54. The minimum Gasteiger partial charge on any atom is -0.481 e. The van der Waals surface area contributed by atoms with Crippen molar-refractivity contribution in [3.63, 3.8) is 0 Å². The Labute approximate surface area is 101 Å². The molecule has 0 aromatic heterocycles. The van der Waals surface area contributed by atoms with Crippen LogP contribution in [0.15, 0.2) is 12.1 Å². The molecule has 0 amide bonds. The van der Waals surface area contributed by atoms with Gasteiger partial charge in [-0.1, -0.05) is 0 Å². The summed E-state index contributed by atoms with van der Waals surface area (Å²) in [6, 6.07) is 1.88. The average Bonchev–Trinajstić information content (AvgIpc) is 2.56. The van der Waals surface area contributed by atoms with Gasteiger partial charge < -0.3 is 10.2 Å². The smallest absolute Gasteiger partial charge is 0.310 e. The van der Waals surface area contributed by atoms with Crippen LogP contribution in [-0.4, -0.2) is 22.2 Å². The molecule has 0 saturated heterocycles. The fourth-order valence-corrected chi connectivity index (χ4v) is 2.39. The Bertz CT molecular complexity index is 508. The Balaban J connectivity index is 2.41. The van der Waals surface area contributed by atoms with Crippen molar-refractivity contribution in [3.8, 4) is 0 Å². The van der Waals surface area contributed by atoms with E-state index < -0.39 is 35.4 Å². The number of halogens is 2. The van der Waals surface area contributed by atoms with Crippen molar-refractivity contribution in [3.05, 3.63) is 34.9 Å². The highest BCUT2D eigenvalue weighted by Gasteiger charge is 2.46. The fraction of sp³-hybridized carbons (Fsp3) is 0.333. The highest BCUT2D eigenvalue weighted by molar-refractivity contribution is 5.83. The molecule has 1 aromatic carbocycles. The zero-order chi connectivity index (χ0) is 13.5. The molecule has 0 unspecified atom stereocenters. The van der Waals surface area contributed by atoms with E-state index in [9.17, 15) is 23.5 Å². The van der Waals surface area contributed by atoms with Gasteiger partial charge in [-0.15, -0.1) is 0 Å². The number of benzene rings is 1. The van der Waals surface area contributed by atoms with Gasteiger partial charge in [0.05, 0.1) is 11.8 Å². The first kappa shape index (κ1) is 12.5. The average molecular weight is 256 g/mol. The van der Waals surface area contributed by atoms with Gasteiger partial charge in [0.15, 0.2) is 11.6 Å². The molecule has 0 fully saturated rings. The van der Waals surface area contributed by atoms with Crippen LogP contribution in [0.1, 0.15) is 17.5 Å². The Kier molecular flexibility index (Phi) is 2.80. The number of hydrogen-bond donors (Lipinski definition) is 2. The standard InChI is InChI=1S/C12H10F2O4/c13-8-1-6-3-12(11(17)18,5-10(15)16)4-7(6)2-9(8)14/h1-2H,3-5H2,(H,15,16)(H,17,18). The molecule has 18 heavy (non-hydrogen) atoms. The third-order valence-electron chi connectivity index (χ3n) is 3.24. The largest absolute Gasteiger partial charge is 0.481 e. The zero-order valence-electron chi connectivity index (χ0n) is 9.24. The fourth-order valence-electron chi connectivity index (χ4n) is 2.39. The van der Waals surface area contributed by atoms with E-state index in [4.69, 9.17) is 5.11 Å². The normalized spacial score (nSPS) is 16.3. The van der Waals surface area contributed by atoms with E-state index in [2.05, 4.69) is 0 Å². The van der Waals surface area contributed by atoms with Crippen LogP contribution in [0.5, 0.6) is 0 Å². The molecule has 2 rings (SSSR count). The molecular weight excluding hydrogens is 246 g/mol. The number of hydrogen-bond acceptors (Lipinski definition) is 2. The van der Waals surface area contributed by atoms with E-state index in [1.54, 1.807) is 0 Å². The van der Waals surface area contributed by atoms with Crippen molar-refractivity contribution >= 4 is 11.9 Å². The van der Waals surface area contributed by atoms with Crippen LogP contribution < -0.4 is 0 Å². The maximum atomic E-state index is 13.1. The first-order chi connectivity index (χ1) is 8.34. The zero-order valence-corrected chi connectivity index (χ0v) is 9.24. The Hall–Kier alpha value is -1.98. The van der Waals surface area contributed by atoms with E-state index in [-0.39, 0.29) is 12.8 Å². The predicted molar refractivity (Wildman–Crippen MR) is 56.1 cm³/mol. The summed E-state index contributed by atoms with van der Waals surface area (Å²) >= 11 is 0. The molecule has 2 N–H and O–H groups in total. The van der Waals surface area contributed by atoms with Gasteiger partial charge >= 0.3 is 11.9 Å². The summed E-state index contributed by atoms with van der Waals surface area (Å²) in [5.74, 6) is -4.61. The van der Waals surface area contributed by atoms with Gasteiger partial charge in [-0.25, -0.2) is 8.78 Å². The van der Waals surface area contributed by atoms with E-state index in [0.717, 1.165) is 12.1 Å². The summed E-state index contributed by atoms with van der Waals surface area (Å²) in [4.78, 5) is 22.0. The van der Waals surface area contributed by atoms with Gasteiger partial charge in [-0.2, -0.15) is 0 Å². The third-order valence-corrected chi connectivity index (χ3v) is 3.24. The minimum atomic E-state index is -1.51. The van der Waals surface area contributed by atoms with Crippen LogP contribution in [0.2, 0.25) is 0 Å². The van der Waals surface area contributed by atoms with Crippen LogP contribution in [0.3, 0.4) is 0 Å². The van der Waals surface area contributed by atoms with Crippen LogP contribution in [-0.2, 0) is 22.4 Å². The first-order valence-corrected chi connectivity index (χ1v) is 5.26. The first-order valence-electron chi connectivity index (χ1n) is 5.26. The molecule has 0 heterocycles. The summed E-state index contributed by atoms with van der Waals surface area (Å²) in [5, 5.41) is 17.9. The van der Waals surface area contributed by atoms with Crippen molar-refractivity contribution in [2.24, 2.45) is 5.41 Å². The number of fused-ring (bicyclic) bond motifs is 1. The molecule has 1 aromatic rings. The quantitative estimate of drug-likeness (QED) is 0.861. The highest BCUT2D eigenvalue weighted by Crippen LogP contribution is 2.40. The second-order valence-corrected chi connectivity index (χ2v) is 4.54. The lowest BCUT2D eigenvalue weighted by Crippen LogP contribution is -2.34. The second kappa shape index (κ2) is 4.04. The summed E-state index contributed by atoms with van der Waals surface area (Å²) in [6.45, 7) is 0. The van der Waals surface area contributed by atoms with E-state index in [1.165, 1.54) is 0 Å². The molecule has 6 heteroatoms. The number of carbonyl (C=O) groups is 2. The van der Waals surface area contributed by atoms with Crippen LogP contribution >= 0.6 is 0 Å². The molecule has 0 spiro atoms. The molecule has 0 radical (unpaired) electrons. The lowest BCUT2D eigenvalue weighted by Gasteiger charge is -2.21. The Morgan fingerprint density at radius 1 is 1.11 bits per heavy atom. The van der Waals surface area contributed by atoms with E-state index in [0.29, 0.717) is 11.1 Å². The maximum absolute atomic E-state index is 13.1. The number of aliphatic carboxylic acids is 2. The molecule has 96 valence electrons. The number of rotatable bonds is 3. The lowest BCUT2D eigenvalue weighted by atomic mass is 9.81. The van der Waals surface area contributed by atoms with Crippen molar-refractivity contribution in [1.82, 2.24) is 0 Å². The summed E-state index contributed by atoms with van der Waals surface area (Å²) in [6.07, 6.45) is -0.761. The summed E-state index contributed by atoms with van der Waals surface area (Å²) in [5.41, 5.74) is -0.788. The maximum Gasteiger partial charge on any atom is 0.310 e. The van der Waals surface area contributed by atoms with Gasteiger partial charge in [0, 0.05) is 0 Å². The van der Waals surface area contributed by atoms with Crippen molar-refractivity contribution in [2.75, 3.05) is 0 Å². The van der Waals surface area contributed by atoms with Crippen LogP contribution in [0.25, 0.3) is 0 Å². The van der Waals surface area contributed by atoms with E-state index in [1.807, 2.05) is 0 Å². The van der Waals surface area contributed by atoms with Crippen molar-refractivity contribution < 1.29 is 28.6 Å². The van der Waals surface area contributed by atoms with Crippen molar-refractivity contribution in [1.29, 1.82) is 0 Å².